The molecule has 0 saturated heterocycles. The fourth-order valence-corrected chi connectivity index (χ4v) is 2.76. The maximum Gasteiger partial charge on any atom is 0.187 e. The van der Waals surface area contributed by atoms with Crippen LogP contribution < -0.4 is 11.1 Å². The Morgan fingerprint density at radius 3 is 2.71 bits per heavy atom. The number of nitrogens with one attached hydrogen (secondary N) is 1. The zero-order valence-corrected chi connectivity index (χ0v) is 11.9. The van der Waals surface area contributed by atoms with Crippen molar-refractivity contribution in [3.63, 3.8) is 0 Å². The van der Waals surface area contributed by atoms with Crippen LogP contribution in [0.25, 0.3) is 0 Å². The molecule has 0 radical (unpaired) electrons. The molecule has 1 aromatic heterocycles. The lowest BCUT2D eigenvalue weighted by molar-refractivity contribution is 0.970. The van der Waals surface area contributed by atoms with E-state index >= 15 is 0 Å². The van der Waals surface area contributed by atoms with Gasteiger partial charge >= 0.3 is 0 Å². The lowest BCUT2D eigenvalue weighted by Gasteiger charge is -2.01. The minimum absolute atomic E-state index is 0.667. The summed E-state index contributed by atoms with van der Waals surface area (Å²) >= 11 is 5.08. The largest absolute Gasteiger partial charge is 0.332 e. The summed E-state index contributed by atoms with van der Waals surface area (Å²) in [4.78, 5) is 5.74. The predicted molar refractivity (Wildman–Crippen MR) is 77.0 cm³/mol. The van der Waals surface area contributed by atoms with Gasteiger partial charge in [-0.15, -0.1) is 11.3 Å². The monoisotopic (exact) mass is 311 g/mol. The fraction of sp³-hybridized carbons (Fsp3) is 0.250. The van der Waals surface area contributed by atoms with Crippen LogP contribution in [-0.4, -0.2) is 11.5 Å². The number of halogens is 1. The Balaban J connectivity index is 2.13. The van der Waals surface area contributed by atoms with Crippen LogP contribution >= 0.6 is 27.3 Å². The van der Waals surface area contributed by atoms with E-state index in [0.717, 1.165) is 27.4 Å². The second kappa shape index (κ2) is 5.62. The van der Waals surface area contributed by atoms with Gasteiger partial charge in [-0.3, -0.25) is 0 Å². The van der Waals surface area contributed by atoms with Crippen LogP contribution in [0.3, 0.4) is 0 Å². The lowest BCUT2D eigenvalue weighted by Crippen LogP contribution is -2.01. The number of anilines is 2. The molecule has 0 aliphatic carbocycles. The summed E-state index contributed by atoms with van der Waals surface area (Å²) in [5.74, 6) is 0. The first-order valence-corrected chi connectivity index (χ1v) is 6.99. The predicted octanol–water partition coefficient (Wildman–Crippen LogP) is 3.46. The Labute approximate surface area is 113 Å². The first-order chi connectivity index (χ1) is 8.19. The van der Waals surface area contributed by atoms with Crippen LogP contribution in [0.15, 0.2) is 28.7 Å². The number of thiazole rings is 1. The van der Waals surface area contributed by atoms with E-state index in [-0.39, 0.29) is 0 Å². The molecule has 0 aliphatic heterocycles. The second-order valence-corrected chi connectivity index (χ2v) is 5.70. The topological polar surface area (TPSA) is 50.9 Å². The Hall–Kier alpha value is -0.910. The first-order valence-electron chi connectivity index (χ1n) is 5.38. The standard InChI is InChI=1S/C12H14BrN3S/c1-8-11(6-7-14)17-12(15-8)16-10-4-2-9(13)3-5-10/h2-5H,6-7,14H2,1H3,(H,15,16). The molecule has 90 valence electrons. The minimum Gasteiger partial charge on any atom is -0.332 e. The maximum atomic E-state index is 5.56. The molecule has 2 aromatic rings. The molecule has 3 nitrogen and oxygen atoms in total. The first kappa shape index (κ1) is 12.5. The lowest BCUT2D eigenvalue weighted by atomic mass is 10.3. The normalized spacial score (nSPS) is 10.5. The van der Waals surface area contributed by atoms with Crippen molar-refractivity contribution >= 4 is 38.1 Å². The van der Waals surface area contributed by atoms with E-state index in [9.17, 15) is 0 Å². The molecule has 1 aromatic carbocycles. The third-order valence-electron chi connectivity index (χ3n) is 2.36. The van der Waals surface area contributed by atoms with Gasteiger partial charge in [-0.1, -0.05) is 15.9 Å². The van der Waals surface area contributed by atoms with Crippen molar-refractivity contribution in [3.8, 4) is 0 Å². The van der Waals surface area contributed by atoms with Crippen LogP contribution in [0.5, 0.6) is 0 Å². The van der Waals surface area contributed by atoms with Gasteiger partial charge in [0, 0.05) is 15.0 Å². The van der Waals surface area contributed by atoms with E-state index in [1.54, 1.807) is 11.3 Å². The fourth-order valence-electron chi connectivity index (χ4n) is 1.50. The molecule has 0 unspecified atom stereocenters. The summed E-state index contributed by atoms with van der Waals surface area (Å²) in [6, 6.07) is 8.04. The molecule has 0 spiro atoms. The summed E-state index contributed by atoms with van der Waals surface area (Å²) in [5.41, 5.74) is 7.67. The van der Waals surface area contributed by atoms with Gasteiger partial charge < -0.3 is 11.1 Å². The molecule has 0 amide bonds. The number of hydrogen-bond acceptors (Lipinski definition) is 4. The van der Waals surface area contributed by atoms with Gasteiger partial charge in [0.15, 0.2) is 5.13 Å². The number of nitrogens with zero attached hydrogens (tertiary/aromatic N) is 1. The number of hydrogen-bond donors (Lipinski definition) is 2. The summed E-state index contributed by atoms with van der Waals surface area (Å²) in [7, 11) is 0. The van der Waals surface area contributed by atoms with E-state index < -0.39 is 0 Å². The van der Waals surface area contributed by atoms with Crippen LogP contribution in [0.4, 0.5) is 10.8 Å². The van der Waals surface area contributed by atoms with Gasteiger partial charge in [0.1, 0.15) is 0 Å². The molecule has 5 heteroatoms. The van der Waals surface area contributed by atoms with Crippen LogP contribution in [0.1, 0.15) is 10.6 Å². The Morgan fingerprint density at radius 2 is 2.06 bits per heavy atom. The molecule has 0 atom stereocenters. The molecule has 1 heterocycles. The van der Waals surface area contributed by atoms with Crippen LogP contribution in [0, 0.1) is 6.92 Å². The van der Waals surface area contributed by atoms with Crippen LogP contribution in [0.2, 0.25) is 0 Å². The average molecular weight is 312 g/mol. The Kier molecular flexibility index (Phi) is 4.15. The third-order valence-corrected chi connectivity index (χ3v) is 4.02. The Bertz CT molecular complexity index is 493. The zero-order chi connectivity index (χ0) is 12.3. The van der Waals surface area contributed by atoms with E-state index in [2.05, 4.69) is 26.2 Å². The number of rotatable bonds is 4. The summed E-state index contributed by atoms with van der Waals surface area (Å²) in [6.07, 6.45) is 0.894. The molecule has 0 saturated carbocycles. The van der Waals surface area contributed by atoms with E-state index in [1.165, 1.54) is 4.88 Å². The highest BCUT2D eigenvalue weighted by Crippen LogP contribution is 2.26. The van der Waals surface area contributed by atoms with Crippen molar-refractivity contribution in [3.05, 3.63) is 39.3 Å². The van der Waals surface area contributed by atoms with Gasteiger partial charge in [0.05, 0.1) is 5.69 Å². The van der Waals surface area contributed by atoms with Gasteiger partial charge in [0.2, 0.25) is 0 Å². The summed E-state index contributed by atoms with van der Waals surface area (Å²) in [6.45, 7) is 2.69. The van der Waals surface area contributed by atoms with E-state index in [0.29, 0.717) is 6.54 Å². The van der Waals surface area contributed by atoms with Gasteiger partial charge in [-0.05, 0) is 44.2 Å². The van der Waals surface area contributed by atoms with Crippen LogP contribution in [-0.2, 0) is 6.42 Å². The highest BCUT2D eigenvalue weighted by molar-refractivity contribution is 9.10. The molecule has 0 aliphatic rings. The van der Waals surface area contributed by atoms with Crippen molar-refractivity contribution in [2.45, 2.75) is 13.3 Å². The SMILES string of the molecule is Cc1nc(Nc2ccc(Br)cc2)sc1CCN. The summed E-state index contributed by atoms with van der Waals surface area (Å²) < 4.78 is 1.07. The molecular formula is C12H14BrN3S. The second-order valence-electron chi connectivity index (χ2n) is 3.70. The van der Waals surface area contributed by atoms with Gasteiger partial charge in [0.25, 0.3) is 0 Å². The van der Waals surface area contributed by atoms with Crippen molar-refractivity contribution in [2.75, 3.05) is 11.9 Å². The Morgan fingerprint density at radius 1 is 1.35 bits per heavy atom. The molecule has 3 N–H and O–H groups in total. The molecular weight excluding hydrogens is 298 g/mol. The minimum atomic E-state index is 0.667. The van der Waals surface area contributed by atoms with Gasteiger partial charge in [-0.2, -0.15) is 0 Å². The van der Waals surface area contributed by atoms with E-state index in [4.69, 9.17) is 5.73 Å². The summed E-state index contributed by atoms with van der Waals surface area (Å²) in [5, 5.41) is 4.22. The van der Waals surface area contributed by atoms with Crippen molar-refractivity contribution in [2.24, 2.45) is 5.73 Å². The molecule has 0 bridgehead atoms. The van der Waals surface area contributed by atoms with Crippen molar-refractivity contribution < 1.29 is 0 Å². The van der Waals surface area contributed by atoms with Crippen molar-refractivity contribution in [1.82, 2.24) is 4.98 Å². The quantitative estimate of drug-likeness (QED) is 0.909. The third kappa shape index (κ3) is 3.28. The van der Waals surface area contributed by atoms with E-state index in [1.807, 2.05) is 31.2 Å². The number of aromatic nitrogens is 1. The van der Waals surface area contributed by atoms with Gasteiger partial charge in [-0.25, -0.2) is 4.98 Å². The maximum absolute atomic E-state index is 5.56. The molecule has 2 rings (SSSR count). The molecule has 17 heavy (non-hydrogen) atoms. The van der Waals surface area contributed by atoms with Crippen molar-refractivity contribution in [1.29, 1.82) is 0 Å². The smallest absolute Gasteiger partial charge is 0.187 e. The molecule has 0 fully saturated rings. The highest BCUT2D eigenvalue weighted by Gasteiger charge is 2.06. The average Bonchev–Trinajstić information content (AvgIpc) is 2.63. The highest BCUT2D eigenvalue weighted by atomic mass is 79.9. The number of aryl methyl sites for hydroxylation is 1. The number of benzene rings is 1. The number of nitrogens with two attached hydrogens (primary N) is 1. The zero-order valence-electron chi connectivity index (χ0n) is 9.53.